The largest absolute Gasteiger partial charge is 0.465 e. The Hall–Kier alpha value is -0.910. The van der Waals surface area contributed by atoms with Crippen molar-refractivity contribution in [3.05, 3.63) is 34.9 Å². The lowest BCUT2D eigenvalue weighted by atomic mass is 10.0. The van der Waals surface area contributed by atoms with Crippen molar-refractivity contribution < 1.29 is 14.3 Å². The van der Waals surface area contributed by atoms with Gasteiger partial charge in [-0.15, -0.1) is 0 Å². The van der Waals surface area contributed by atoms with Crippen LogP contribution in [-0.2, 0) is 4.74 Å². The summed E-state index contributed by atoms with van der Waals surface area (Å²) in [6.45, 7) is 1.81. The molecule has 0 N–H and O–H groups in total. The fraction of sp³-hybridized carbons (Fsp3) is 0.273. The number of carbonyl (C=O) groups excluding carboxylic acids is 2. The lowest BCUT2D eigenvalue weighted by Gasteiger charge is -2.05. The SMILES string of the molecule is COC(=O)c1ccc(C(=O)CI)c(C)c1. The van der Waals surface area contributed by atoms with E-state index in [4.69, 9.17) is 0 Å². The van der Waals surface area contributed by atoms with Crippen LogP contribution in [0.1, 0.15) is 26.3 Å². The van der Waals surface area contributed by atoms with Gasteiger partial charge in [-0.1, -0.05) is 28.7 Å². The fourth-order valence-electron chi connectivity index (χ4n) is 1.29. The summed E-state index contributed by atoms with van der Waals surface area (Å²) in [5.41, 5.74) is 1.94. The second-order valence-electron chi connectivity index (χ2n) is 3.08. The van der Waals surface area contributed by atoms with Crippen LogP contribution in [0.5, 0.6) is 0 Å². The van der Waals surface area contributed by atoms with Gasteiger partial charge in [0.2, 0.25) is 0 Å². The topological polar surface area (TPSA) is 43.4 Å². The number of hydrogen-bond acceptors (Lipinski definition) is 3. The molecule has 0 saturated carbocycles. The normalized spacial score (nSPS) is 9.80. The molecule has 0 atom stereocenters. The summed E-state index contributed by atoms with van der Waals surface area (Å²) in [7, 11) is 1.33. The Morgan fingerprint density at radius 2 is 2.07 bits per heavy atom. The smallest absolute Gasteiger partial charge is 0.337 e. The molecular formula is C11H11IO3. The molecule has 0 unspecified atom stereocenters. The van der Waals surface area contributed by atoms with Crippen LogP contribution < -0.4 is 0 Å². The minimum Gasteiger partial charge on any atom is -0.465 e. The highest BCUT2D eigenvalue weighted by Gasteiger charge is 2.11. The molecule has 0 aliphatic carbocycles. The van der Waals surface area contributed by atoms with Crippen molar-refractivity contribution in [2.24, 2.45) is 0 Å². The minimum atomic E-state index is -0.383. The van der Waals surface area contributed by atoms with Gasteiger partial charge in [-0.2, -0.15) is 0 Å². The molecule has 1 aromatic rings. The average Bonchev–Trinajstić information content (AvgIpc) is 2.26. The molecule has 0 aromatic heterocycles. The van der Waals surface area contributed by atoms with Gasteiger partial charge < -0.3 is 4.74 Å². The summed E-state index contributed by atoms with van der Waals surface area (Å²) in [5.74, 6) is -0.309. The molecule has 0 amide bonds. The molecule has 0 spiro atoms. The van der Waals surface area contributed by atoms with Gasteiger partial charge >= 0.3 is 5.97 Å². The van der Waals surface area contributed by atoms with Gasteiger partial charge in [0, 0.05) is 5.56 Å². The number of rotatable bonds is 3. The van der Waals surface area contributed by atoms with E-state index in [2.05, 4.69) is 4.74 Å². The first-order valence-electron chi connectivity index (χ1n) is 4.38. The van der Waals surface area contributed by atoms with Gasteiger partial charge in [0.05, 0.1) is 17.1 Å². The van der Waals surface area contributed by atoms with Crippen molar-refractivity contribution in [3.8, 4) is 0 Å². The average molecular weight is 318 g/mol. The van der Waals surface area contributed by atoms with Crippen LogP contribution in [0.3, 0.4) is 0 Å². The number of carbonyl (C=O) groups is 2. The van der Waals surface area contributed by atoms with Gasteiger partial charge in [-0.3, -0.25) is 4.79 Å². The first-order valence-corrected chi connectivity index (χ1v) is 5.91. The molecule has 0 aliphatic heterocycles. The van der Waals surface area contributed by atoms with Crippen LogP contribution in [0.4, 0.5) is 0 Å². The van der Waals surface area contributed by atoms with Crippen molar-refractivity contribution in [1.82, 2.24) is 0 Å². The molecule has 0 saturated heterocycles. The highest BCUT2D eigenvalue weighted by Crippen LogP contribution is 2.13. The van der Waals surface area contributed by atoms with Crippen molar-refractivity contribution in [2.75, 3.05) is 11.5 Å². The second-order valence-corrected chi connectivity index (χ2v) is 3.84. The molecular weight excluding hydrogens is 307 g/mol. The van der Waals surface area contributed by atoms with E-state index in [1.54, 1.807) is 18.2 Å². The molecule has 0 radical (unpaired) electrons. The quantitative estimate of drug-likeness (QED) is 0.372. The number of Topliss-reactive ketones (excluding diaryl/α,β-unsaturated/α-hetero) is 1. The zero-order valence-corrected chi connectivity index (χ0v) is 10.7. The summed E-state index contributed by atoms with van der Waals surface area (Å²) in [6, 6.07) is 4.95. The number of methoxy groups -OCH3 is 1. The lowest BCUT2D eigenvalue weighted by Crippen LogP contribution is -2.06. The van der Waals surface area contributed by atoms with E-state index >= 15 is 0 Å². The molecule has 4 heteroatoms. The molecule has 1 rings (SSSR count). The maximum Gasteiger partial charge on any atom is 0.337 e. The number of alkyl halides is 1. The second kappa shape index (κ2) is 5.25. The molecule has 3 nitrogen and oxygen atoms in total. The molecule has 1 aromatic carbocycles. The fourth-order valence-corrected chi connectivity index (χ4v) is 1.70. The third-order valence-corrected chi connectivity index (χ3v) is 2.76. The summed E-state index contributed by atoms with van der Waals surface area (Å²) >= 11 is 2.02. The monoisotopic (exact) mass is 318 g/mol. The number of ether oxygens (including phenoxy) is 1. The third kappa shape index (κ3) is 2.77. The highest BCUT2D eigenvalue weighted by atomic mass is 127. The molecule has 80 valence electrons. The molecule has 0 heterocycles. The number of benzene rings is 1. The van der Waals surface area contributed by atoms with Crippen molar-refractivity contribution in [2.45, 2.75) is 6.92 Å². The van der Waals surface area contributed by atoms with Gasteiger partial charge in [0.15, 0.2) is 5.78 Å². The number of halogens is 1. The summed E-state index contributed by atoms with van der Waals surface area (Å²) < 4.78 is 5.03. The first kappa shape index (κ1) is 12.2. The van der Waals surface area contributed by atoms with Crippen LogP contribution in [-0.4, -0.2) is 23.3 Å². The number of hydrogen-bond donors (Lipinski definition) is 0. The molecule has 0 bridgehead atoms. The summed E-state index contributed by atoms with van der Waals surface area (Å²) in [5, 5.41) is 0. The number of ketones is 1. The number of esters is 1. The van der Waals surface area contributed by atoms with E-state index < -0.39 is 0 Å². The zero-order valence-electron chi connectivity index (χ0n) is 8.54. The predicted octanol–water partition coefficient (Wildman–Crippen LogP) is 2.40. The van der Waals surface area contributed by atoms with Gasteiger partial charge in [-0.05, 0) is 24.6 Å². The van der Waals surface area contributed by atoms with E-state index in [1.165, 1.54) is 7.11 Å². The highest BCUT2D eigenvalue weighted by molar-refractivity contribution is 14.1. The summed E-state index contributed by atoms with van der Waals surface area (Å²) in [6.07, 6.45) is 0. The van der Waals surface area contributed by atoms with E-state index in [-0.39, 0.29) is 11.8 Å². The van der Waals surface area contributed by atoms with E-state index in [0.717, 1.165) is 5.56 Å². The lowest BCUT2D eigenvalue weighted by molar-refractivity contribution is 0.0600. The Balaban J connectivity index is 3.08. The van der Waals surface area contributed by atoms with E-state index in [1.807, 2.05) is 29.5 Å². The van der Waals surface area contributed by atoms with Crippen LogP contribution in [0.25, 0.3) is 0 Å². The van der Waals surface area contributed by atoms with Gasteiger partial charge in [0.1, 0.15) is 0 Å². The Bertz CT molecular complexity index is 399. The summed E-state index contributed by atoms with van der Waals surface area (Å²) in [4.78, 5) is 22.7. The third-order valence-electron chi connectivity index (χ3n) is 2.07. The molecule has 0 fully saturated rings. The van der Waals surface area contributed by atoms with Crippen LogP contribution in [0.2, 0.25) is 0 Å². The van der Waals surface area contributed by atoms with Crippen LogP contribution in [0, 0.1) is 6.92 Å². The van der Waals surface area contributed by atoms with Gasteiger partial charge in [-0.25, -0.2) is 4.79 Å². The first-order chi connectivity index (χ1) is 7.10. The zero-order chi connectivity index (χ0) is 11.4. The van der Waals surface area contributed by atoms with Crippen LogP contribution in [0.15, 0.2) is 18.2 Å². The molecule has 0 aliphatic rings. The predicted molar refractivity (Wildman–Crippen MR) is 65.7 cm³/mol. The van der Waals surface area contributed by atoms with Crippen molar-refractivity contribution in [1.29, 1.82) is 0 Å². The Kier molecular flexibility index (Phi) is 4.26. The van der Waals surface area contributed by atoms with Crippen molar-refractivity contribution >= 4 is 34.3 Å². The van der Waals surface area contributed by atoms with E-state index in [0.29, 0.717) is 15.6 Å². The minimum absolute atomic E-state index is 0.0736. The Labute approximate surface area is 102 Å². The standard InChI is InChI=1S/C11H11IO3/c1-7-5-8(11(14)15-2)3-4-9(7)10(13)6-12/h3-5H,6H2,1-2H3. The molecule has 15 heavy (non-hydrogen) atoms. The Morgan fingerprint density at radius 3 is 2.53 bits per heavy atom. The maximum atomic E-state index is 11.5. The van der Waals surface area contributed by atoms with Gasteiger partial charge in [0.25, 0.3) is 0 Å². The maximum absolute atomic E-state index is 11.5. The van der Waals surface area contributed by atoms with E-state index in [9.17, 15) is 9.59 Å². The van der Waals surface area contributed by atoms with Crippen LogP contribution >= 0.6 is 22.6 Å². The number of aryl methyl sites for hydroxylation is 1. The van der Waals surface area contributed by atoms with Crippen molar-refractivity contribution in [3.63, 3.8) is 0 Å². The Morgan fingerprint density at radius 1 is 1.40 bits per heavy atom.